The minimum absolute atomic E-state index is 0.105. The largest absolute Gasteiger partial charge is 0.493 e. The number of hydrogen-bond acceptors (Lipinski definition) is 5. The van der Waals surface area contributed by atoms with Gasteiger partial charge in [-0.05, 0) is 38.3 Å². The average molecular weight is 435 g/mol. The molecule has 7 nitrogen and oxygen atoms in total. The third-order valence-electron chi connectivity index (χ3n) is 4.79. The van der Waals surface area contributed by atoms with Crippen LogP contribution >= 0.6 is 0 Å². The summed E-state index contributed by atoms with van der Waals surface area (Å²) in [6, 6.07) is 13.0. The van der Waals surface area contributed by atoms with Gasteiger partial charge in [0.25, 0.3) is 5.91 Å². The maximum Gasteiger partial charge on any atom is 0.253 e. The van der Waals surface area contributed by atoms with Crippen molar-refractivity contribution in [3.63, 3.8) is 0 Å². The molecule has 0 saturated carbocycles. The third kappa shape index (κ3) is 5.89. The lowest BCUT2D eigenvalue weighted by molar-refractivity contribution is 0.0938. The molecule has 0 radical (unpaired) electrons. The molecule has 0 unspecified atom stereocenters. The Morgan fingerprint density at radius 2 is 1.70 bits per heavy atom. The highest BCUT2D eigenvalue weighted by Crippen LogP contribution is 2.36. The quantitative estimate of drug-likeness (QED) is 0.621. The Balaban J connectivity index is 2.31. The Hall–Kier alpha value is -2.74. The molecule has 0 heterocycles. The Morgan fingerprint density at radius 1 is 1.10 bits per heavy atom. The summed E-state index contributed by atoms with van der Waals surface area (Å²) >= 11 is 0. The maximum atomic E-state index is 13.1. The molecule has 164 valence electrons. The smallest absolute Gasteiger partial charge is 0.253 e. The van der Waals surface area contributed by atoms with E-state index in [1.54, 1.807) is 6.92 Å². The first-order valence-corrected chi connectivity index (χ1v) is 11.6. The first-order chi connectivity index (χ1) is 14.2. The van der Waals surface area contributed by atoms with Crippen LogP contribution in [-0.2, 0) is 16.4 Å². The number of aryl methyl sites for hydroxylation is 1. The predicted octanol–water partition coefficient (Wildman–Crippen LogP) is 3.24. The number of ether oxygens (including phenoxy) is 2. The highest BCUT2D eigenvalue weighted by Gasteiger charge is 2.25. The molecule has 0 fully saturated rings. The Bertz CT molecular complexity index is 961. The van der Waals surface area contributed by atoms with Crippen LogP contribution in [0.2, 0.25) is 0 Å². The molecular formula is C22H30N2O5S. The second kappa shape index (κ2) is 10.3. The summed E-state index contributed by atoms with van der Waals surface area (Å²) in [5.74, 6) is 0.338. The fourth-order valence-corrected chi connectivity index (χ4v) is 4.22. The van der Waals surface area contributed by atoms with Crippen LogP contribution in [0.4, 0.5) is 5.69 Å². The maximum absolute atomic E-state index is 13.1. The van der Waals surface area contributed by atoms with Crippen molar-refractivity contribution in [2.75, 3.05) is 31.3 Å². The number of benzene rings is 2. The number of anilines is 1. The number of sulfonamides is 1. The molecule has 0 aromatic heterocycles. The van der Waals surface area contributed by atoms with E-state index in [1.807, 2.05) is 37.3 Å². The number of nitrogens with zero attached hydrogens (tertiary/aromatic N) is 1. The number of amides is 1. The molecule has 2 aromatic rings. The van der Waals surface area contributed by atoms with Crippen molar-refractivity contribution in [3.05, 3.63) is 53.6 Å². The van der Waals surface area contributed by atoms with Gasteiger partial charge in [-0.2, -0.15) is 0 Å². The predicted molar refractivity (Wildman–Crippen MR) is 119 cm³/mol. The highest BCUT2D eigenvalue weighted by molar-refractivity contribution is 7.92. The molecule has 2 aromatic carbocycles. The van der Waals surface area contributed by atoms with Crippen LogP contribution < -0.4 is 19.1 Å². The highest BCUT2D eigenvalue weighted by atomic mass is 32.2. The van der Waals surface area contributed by atoms with Crippen LogP contribution in [-0.4, -0.2) is 47.4 Å². The molecule has 0 saturated heterocycles. The Morgan fingerprint density at radius 3 is 2.23 bits per heavy atom. The van der Waals surface area contributed by atoms with Crippen molar-refractivity contribution < 1.29 is 22.7 Å². The van der Waals surface area contributed by atoms with Gasteiger partial charge in [0.1, 0.15) is 0 Å². The third-order valence-corrected chi connectivity index (χ3v) is 6.04. The summed E-state index contributed by atoms with van der Waals surface area (Å²) in [5, 5.41) is 2.97. The SMILES string of the molecule is CCN(c1cc(OC)c(OC)cc1C(=O)N[C@H](C)CCc1ccccc1)S(C)(=O)=O. The van der Waals surface area contributed by atoms with E-state index in [1.165, 1.54) is 36.2 Å². The number of rotatable bonds is 10. The van der Waals surface area contributed by atoms with E-state index < -0.39 is 10.0 Å². The second-order valence-electron chi connectivity index (χ2n) is 7.05. The summed E-state index contributed by atoms with van der Waals surface area (Å²) < 4.78 is 36.4. The van der Waals surface area contributed by atoms with Crippen molar-refractivity contribution >= 4 is 21.6 Å². The number of carbonyl (C=O) groups is 1. The number of carbonyl (C=O) groups excluding carboxylic acids is 1. The molecule has 1 N–H and O–H groups in total. The van der Waals surface area contributed by atoms with Crippen molar-refractivity contribution in [1.29, 1.82) is 0 Å². The van der Waals surface area contributed by atoms with Crippen molar-refractivity contribution in [2.45, 2.75) is 32.7 Å². The lowest BCUT2D eigenvalue weighted by atomic mass is 10.1. The van der Waals surface area contributed by atoms with Crippen LogP contribution in [0.3, 0.4) is 0 Å². The summed E-state index contributed by atoms with van der Waals surface area (Å²) in [5.41, 5.74) is 1.66. The van der Waals surface area contributed by atoms with E-state index in [2.05, 4.69) is 5.32 Å². The molecule has 0 aliphatic carbocycles. The molecule has 0 bridgehead atoms. The van der Waals surface area contributed by atoms with Gasteiger partial charge in [0, 0.05) is 18.7 Å². The van der Waals surface area contributed by atoms with Gasteiger partial charge in [-0.25, -0.2) is 8.42 Å². The zero-order chi connectivity index (χ0) is 22.3. The lowest BCUT2D eigenvalue weighted by Gasteiger charge is -2.25. The van der Waals surface area contributed by atoms with Gasteiger partial charge in [0.15, 0.2) is 11.5 Å². The number of hydrogen-bond donors (Lipinski definition) is 1. The number of nitrogens with one attached hydrogen (secondary N) is 1. The monoisotopic (exact) mass is 434 g/mol. The van der Waals surface area contributed by atoms with Gasteiger partial charge in [0.2, 0.25) is 10.0 Å². The lowest BCUT2D eigenvalue weighted by Crippen LogP contribution is -2.36. The van der Waals surface area contributed by atoms with E-state index in [-0.39, 0.29) is 29.7 Å². The van der Waals surface area contributed by atoms with Crippen LogP contribution in [0.15, 0.2) is 42.5 Å². The molecule has 2 rings (SSSR count). The van der Waals surface area contributed by atoms with E-state index in [9.17, 15) is 13.2 Å². The van der Waals surface area contributed by atoms with E-state index in [4.69, 9.17) is 9.47 Å². The summed E-state index contributed by atoms with van der Waals surface area (Å²) in [7, 11) is -0.656. The van der Waals surface area contributed by atoms with Gasteiger partial charge >= 0.3 is 0 Å². The van der Waals surface area contributed by atoms with Crippen LogP contribution in [0, 0.1) is 0 Å². The molecule has 1 atom stereocenters. The minimum Gasteiger partial charge on any atom is -0.493 e. The van der Waals surface area contributed by atoms with Gasteiger partial charge in [-0.1, -0.05) is 30.3 Å². The molecular weight excluding hydrogens is 404 g/mol. The van der Waals surface area contributed by atoms with Crippen molar-refractivity contribution in [2.24, 2.45) is 0 Å². The summed E-state index contributed by atoms with van der Waals surface area (Å²) in [4.78, 5) is 13.1. The standard InChI is InChI=1S/C22H30N2O5S/c1-6-24(30(5,26)27)19-15-21(29-4)20(28-3)14-18(19)22(25)23-16(2)12-13-17-10-8-7-9-11-17/h7-11,14-16H,6,12-13H2,1-5H3,(H,23,25)/t16-/m1/s1. The second-order valence-corrected chi connectivity index (χ2v) is 8.96. The molecule has 30 heavy (non-hydrogen) atoms. The zero-order valence-electron chi connectivity index (χ0n) is 18.1. The van der Waals surface area contributed by atoms with Crippen LogP contribution in [0.25, 0.3) is 0 Å². The van der Waals surface area contributed by atoms with E-state index in [0.29, 0.717) is 11.5 Å². The van der Waals surface area contributed by atoms with Gasteiger partial charge in [-0.15, -0.1) is 0 Å². The molecule has 0 spiro atoms. The van der Waals surface area contributed by atoms with Crippen molar-refractivity contribution in [1.82, 2.24) is 5.32 Å². The van der Waals surface area contributed by atoms with E-state index in [0.717, 1.165) is 19.1 Å². The fourth-order valence-electron chi connectivity index (χ4n) is 3.24. The van der Waals surface area contributed by atoms with E-state index >= 15 is 0 Å². The number of methoxy groups -OCH3 is 2. The first-order valence-electron chi connectivity index (χ1n) is 9.79. The zero-order valence-corrected chi connectivity index (χ0v) is 19.0. The fraction of sp³-hybridized carbons (Fsp3) is 0.409. The minimum atomic E-state index is -3.59. The Kier molecular flexibility index (Phi) is 8.11. The van der Waals surface area contributed by atoms with Gasteiger partial charge in [0.05, 0.1) is 31.7 Å². The normalized spacial score (nSPS) is 12.2. The molecule has 0 aliphatic heterocycles. The molecule has 1 amide bonds. The topological polar surface area (TPSA) is 84.9 Å². The van der Waals surface area contributed by atoms with Crippen LogP contribution in [0.5, 0.6) is 11.5 Å². The molecule has 0 aliphatic rings. The Labute approximate surface area is 179 Å². The van der Waals surface area contributed by atoms with Crippen molar-refractivity contribution in [3.8, 4) is 11.5 Å². The molecule has 8 heteroatoms. The van der Waals surface area contributed by atoms with Gasteiger partial charge < -0.3 is 14.8 Å². The average Bonchev–Trinajstić information content (AvgIpc) is 2.72. The van der Waals surface area contributed by atoms with Crippen LogP contribution in [0.1, 0.15) is 36.2 Å². The summed E-state index contributed by atoms with van der Waals surface area (Å²) in [6.07, 6.45) is 2.69. The summed E-state index contributed by atoms with van der Waals surface area (Å²) in [6.45, 7) is 3.81. The van der Waals surface area contributed by atoms with Gasteiger partial charge in [-0.3, -0.25) is 9.10 Å². The first kappa shape index (κ1) is 23.5.